The van der Waals surface area contributed by atoms with Crippen LogP contribution in [-0.2, 0) is 0 Å². The first-order chi connectivity index (χ1) is 11.4. The zero-order valence-electron chi connectivity index (χ0n) is 13.7. The van der Waals surface area contributed by atoms with Crippen LogP contribution in [0.2, 0.25) is 5.02 Å². The van der Waals surface area contributed by atoms with Crippen LogP contribution in [0, 0.1) is 0 Å². The molecule has 2 aromatic carbocycles. The summed E-state index contributed by atoms with van der Waals surface area (Å²) in [6, 6.07) is 13.4. The van der Waals surface area contributed by atoms with Crippen molar-refractivity contribution in [1.82, 2.24) is 4.90 Å². The third-order valence-corrected chi connectivity index (χ3v) is 4.46. The Morgan fingerprint density at radius 1 is 1.21 bits per heavy atom. The maximum atomic E-state index is 11.2. The Bertz CT molecular complexity index is 914. The van der Waals surface area contributed by atoms with Crippen molar-refractivity contribution in [2.45, 2.75) is 13.0 Å². The smallest absolute Gasteiger partial charge is 0.371 e. The van der Waals surface area contributed by atoms with Crippen molar-refractivity contribution in [1.29, 1.82) is 0 Å². The number of nitrogens with zero attached hydrogens (tertiary/aromatic N) is 1. The van der Waals surface area contributed by atoms with Gasteiger partial charge in [0.1, 0.15) is 5.58 Å². The minimum absolute atomic E-state index is 0.0914. The van der Waals surface area contributed by atoms with Crippen LogP contribution in [0.4, 0.5) is 0 Å². The summed E-state index contributed by atoms with van der Waals surface area (Å²) in [5, 5.41) is 10.4. The van der Waals surface area contributed by atoms with Crippen molar-refractivity contribution < 1.29 is 14.3 Å². The fourth-order valence-corrected chi connectivity index (χ4v) is 2.93. The first-order valence-corrected chi connectivity index (χ1v) is 7.97. The van der Waals surface area contributed by atoms with Gasteiger partial charge in [0.15, 0.2) is 0 Å². The number of rotatable bonds is 4. The maximum Gasteiger partial charge on any atom is 0.371 e. The lowest BCUT2D eigenvalue weighted by molar-refractivity contribution is 0.0665. The van der Waals surface area contributed by atoms with Gasteiger partial charge >= 0.3 is 5.97 Å². The van der Waals surface area contributed by atoms with E-state index in [4.69, 9.17) is 21.1 Å². The Morgan fingerprint density at radius 2 is 1.96 bits per heavy atom. The molecule has 0 bridgehead atoms. The van der Waals surface area contributed by atoms with E-state index in [0.717, 1.165) is 16.7 Å². The van der Waals surface area contributed by atoms with E-state index in [2.05, 4.69) is 24.0 Å². The molecule has 0 amide bonds. The average Bonchev–Trinajstić information content (AvgIpc) is 2.97. The topological polar surface area (TPSA) is 53.7 Å². The molecule has 1 aromatic heterocycles. The lowest BCUT2D eigenvalue weighted by atomic mass is 9.98. The van der Waals surface area contributed by atoms with E-state index in [1.54, 1.807) is 12.1 Å². The highest BCUT2D eigenvalue weighted by atomic mass is 35.5. The van der Waals surface area contributed by atoms with Gasteiger partial charge in [-0.05, 0) is 56.4 Å². The van der Waals surface area contributed by atoms with Crippen LogP contribution < -0.4 is 0 Å². The summed E-state index contributed by atoms with van der Waals surface area (Å²) in [4.78, 5) is 13.3. The van der Waals surface area contributed by atoms with Crippen molar-refractivity contribution in [3.05, 3.63) is 58.8 Å². The standard InChI is InChI=1S/C19H18ClNO3/c1-11(21(2)3)12-5-4-6-13(7-12)16-10-15(20)8-14-9-17(19(22)23)24-18(14)16/h4-11H,1-3H3,(H,22,23)/t11-/m0/s1. The molecule has 3 aromatic rings. The molecule has 0 fully saturated rings. The summed E-state index contributed by atoms with van der Waals surface area (Å²) in [6.45, 7) is 2.13. The monoisotopic (exact) mass is 343 g/mol. The molecular weight excluding hydrogens is 326 g/mol. The molecule has 1 atom stereocenters. The number of hydrogen-bond donors (Lipinski definition) is 1. The van der Waals surface area contributed by atoms with E-state index < -0.39 is 5.97 Å². The van der Waals surface area contributed by atoms with E-state index in [1.807, 2.05) is 26.2 Å². The molecule has 0 aliphatic rings. The van der Waals surface area contributed by atoms with Crippen LogP contribution in [0.15, 0.2) is 46.9 Å². The van der Waals surface area contributed by atoms with Gasteiger partial charge in [-0.1, -0.05) is 29.8 Å². The van der Waals surface area contributed by atoms with Crippen LogP contribution in [0.25, 0.3) is 22.1 Å². The lowest BCUT2D eigenvalue weighted by Crippen LogP contribution is -2.16. The molecule has 0 unspecified atom stereocenters. The van der Waals surface area contributed by atoms with Gasteiger partial charge in [0.05, 0.1) is 0 Å². The second-order valence-electron chi connectivity index (χ2n) is 6.05. The van der Waals surface area contributed by atoms with Crippen LogP contribution in [0.1, 0.15) is 29.1 Å². The van der Waals surface area contributed by atoms with E-state index >= 15 is 0 Å². The van der Waals surface area contributed by atoms with Crippen LogP contribution in [0.3, 0.4) is 0 Å². The number of furan rings is 1. The largest absolute Gasteiger partial charge is 0.475 e. The second-order valence-corrected chi connectivity index (χ2v) is 6.49. The molecule has 3 rings (SSSR count). The number of hydrogen-bond acceptors (Lipinski definition) is 3. The summed E-state index contributed by atoms with van der Waals surface area (Å²) in [7, 11) is 4.06. The normalized spacial score (nSPS) is 12.7. The second kappa shape index (κ2) is 6.30. The third kappa shape index (κ3) is 3.03. The molecule has 124 valence electrons. The highest BCUT2D eigenvalue weighted by molar-refractivity contribution is 6.32. The zero-order chi connectivity index (χ0) is 17.4. The minimum atomic E-state index is -1.09. The van der Waals surface area contributed by atoms with Gasteiger partial charge in [-0.2, -0.15) is 0 Å². The number of carboxylic acid groups (broad SMARTS) is 1. The predicted molar refractivity (Wildman–Crippen MR) is 95.7 cm³/mol. The number of benzene rings is 2. The number of carboxylic acids is 1. The summed E-state index contributed by atoms with van der Waals surface area (Å²) in [5.74, 6) is -1.19. The molecule has 0 saturated carbocycles. The Kier molecular flexibility index (Phi) is 4.35. The fraction of sp³-hybridized carbons (Fsp3) is 0.211. The number of halogens is 1. The Labute approximate surface area is 145 Å². The van der Waals surface area contributed by atoms with Gasteiger partial charge in [-0.25, -0.2) is 4.79 Å². The molecule has 0 aliphatic heterocycles. The van der Waals surface area contributed by atoms with Crippen molar-refractivity contribution in [3.8, 4) is 11.1 Å². The van der Waals surface area contributed by atoms with Crippen molar-refractivity contribution in [2.24, 2.45) is 0 Å². The average molecular weight is 344 g/mol. The van der Waals surface area contributed by atoms with Gasteiger partial charge < -0.3 is 14.4 Å². The van der Waals surface area contributed by atoms with Crippen molar-refractivity contribution >= 4 is 28.5 Å². The first-order valence-electron chi connectivity index (χ1n) is 7.60. The highest BCUT2D eigenvalue weighted by Gasteiger charge is 2.16. The zero-order valence-corrected chi connectivity index (χ0v) is 14.5. The lowest BCUT2D eigenvalue weighted by Gasteiger charge is -2.20. The van der Waals surface area contributed by atoms with Crippen LogP contribution in [0.5, 0.6) is 0 Å². The van der Waals surface area contributed by atoms with Gasteiger partial charge in [-0.3, -0.25) is 0 Å². The van der Waals surface area contributed by atoms with E-state index in [1.165, 1.54) is 6.07 Å². The fourth-order valence-electron chi connectivity index (χ4n) is 2.70. The number of aromatic carboxylic acids is 1. The molecule has 0 spiro atoms. The maximum absolute atomic E-state index is 11.2. The van der Waals surface area contributed by atoms with Gasteiger partial charge in [0.25, 0.3) is 0 Å². The highest BCUT2D eigenvalue weighted by Crippen LogP contribution is 2.35. The quantitative estimate of drug-likeness (QED) is 0.718. The summed E-state index contributed by atoms with van der Waals surface area (Å²) < 4.78 is 5.55. The minimum Gasteiger partial charge on any atom is -0.475 e. The molecule has 5 heteroatoms. The number of fused-ring (bicyclic) bond motifs is 1. The van der Waals surface area contributed by atoms with Gasteiger partial charge in [0, 0.05) is 22.0 Å². The molecule has 4 nitrogen and oxygen atoms in total. The van der Waals surface area contributed by atoms with Crippen LogP contribution >= 0.6 is 11.6 Å². The SMILES string of the molecule is C[C@@H](c1cccc(-c2cc(Cl)cc3cc(C(=O)O)oc23)c1)N(C)C. The Balaban J connectivity index is 2.19. The summed E-state index contributed by atoms with van der Waals surface area (Å²) in [5.41, 5.74) is 3.43. The van der Waals surface area contributed by atoms with Crippen molar-refractivity contribution in [2.75, 3.05) is 14.1 Å². The molecule has 0 aliphatic carbocycles. The first kappa shape index (κ1) is 16.6. The van der Waals surface area contributed by atoms with E-state index in [-0.39, 0.29) is 11.8 Å². The van der Waals surface area contributed by atoms with Gasteiger partial charge in [0.2, 0.25) is 5.76 Å². The summed E-state index contributed by atoms with van der Waals surface area (Å²) in [6.07, 6.45) is 0. The summed E-state index contributed by atoms with van der Waals surface area (Å²) >= 11 is 6.22. The Hall–Kier alpha value is -2.30. The van der Waals surface area contributed by atoms with Gasteiger partial charge in [-0.15, -0.1) is 0 Å². The van der Waals surface area contributed by atoms with Crippen LogP contribution in [-0.4, -0.2) is 30.1 Å². The third-order valence-electron chi connectivity index (χ3n) is 4.25. The Morgan fingerprint density at radius 3 is 2.62 bits per heavy atom. The van der Waals surface area contributed by atoms with E-state index in [9.17, 15) is 4.79 Å². The molecule has 0 radical (unpaired) electrons. The molecule has 1 N–H and O–H groups in total. The van der Waals surface area contributed by atoms with Crippen molar-refractivity contribution in [3.63, 3.8) is 0 Å². The number of carbonyl (C=O) groups is 1. The molecule has 24 heavy (non-hydrogen) atoms. The molecular formula is C19H18ClNO3. The molecule has 1 heterocycles. The van der Waals surface area contributed by atoms with E-state index in [0.29, 0.717) is 16.0 Å². The predicted octanol–water partition coefficient (Wildman–Crippen LogP) is 5.07. The molecule has 0 saturated heterocycles.